The fraction of sp³-hybridized carbons (Fsp3) is 0.533. The molecule has 1 aliphatic rings. The Morgan fingerprint density at radius 3 is 2.63 bits per heavy atom. The monoisotopic (exact) mass is 281 g/mol. The average Bonchev–Trinajstić information content (AvgIpc) is 3.22. The molecule has 2 rings (SSSR count). The molecule has 0 aliphatic heterocycles. The Kier molecular flexibility index (Phi) is 5.25. The van der Waals surface area contributed by atoms with Gasteiger partial charge in [-0.3, -0.25) is 4.79 Å². The Hall–Kier alpha value is -1.03. The van der Waals surface area contributed by atoms with Crippen LogP contribution in [0.2, 0.25) is 0 Å². The molecule has 0 heterocycles. The van der Waals surface area contributed by atoms with Gasteiger partial charge >= 0.3 is 0 Å². The zero-order valence-corrected chi connectivity index (χ0v) is 12.1. The number of rotatable bonds is 7. The first kappa shape index (κ1) is 14.4. The third kappa shape index (κ3) is 4.53. The number of carbonyl (C=O) groups is 1. The van der Waals surface area contributed by atoms with Crippen molar-refractivity contribution in [1.29, 1.82) is 0 Å². The van der Waals surface area contributed by atoms with E-state index in [0.717, 1.165) is 30.6 Å². The predicted molar refractivity (Wildman–Crippen MR) is 77.6 cm³/mol. The molecule has 0 N–H and O–H groups in total. The van der Waals surface area contributed by atoms with E-state index < -0.39 is 0 Å². The molecule has 1 amide bonds. The first-order chi connectivity index (χ1) is 9.20. The molecule has 19 heavy (non-hydrogen) atoms. The van der Waals surface area contributed by atoms with Crippen LogP contribution in [0.3, 0.4) is 0 Å². The number of hydrogen-bond acceptors (Lipinski definition) is 2. The summed E-state index contributed by atoms with van der Waals surface area (Å²) < 4.78 is 12.9. The molecular weight excluding hydrogens is 261 g/mol. The van der Waals surface area contributed by atoms with Crippen LogP contribution < -0.4 is 0 Å². The van der Waals surface area contributed by atoms with Crippen molar-refractivity contribution in [2.75, 3.05) is 11.5 Å². The summed E-state index contributed by atoms with van der Waals surface area (Å²) in [5, 5.41) is 0. The van der Waals surface area contributed by atoms with Crippen LogP contribution in [0.15, 0.2) is 24.3 Å². The van der Waals surface area contributed by atoms with Gasteiger partial charge in [-0.15, -0.1) is 0 Å². The minimum absolute atomic E-state index is 0.213. The highest BCUT2D eigenvalue weighted by Crippen LogP contribution is 2.29. The number of benzene rings is 1. The molecule has 1 aromatic rings. The van der Waals surface area contributed by atoms with Crippen molar-refractivity contribution in [2.24, 2.45) is 0 Å². The second-order valence-corrected chi connectivity index (χ2v) is 6.04. The second kappa shape index (κ2) is 6.94. The zero-order chi connectivity index (χ0) is 13.7. The van der Waals surface area contributed by atoms with E-state index in [4.69, 9.17) is 0 Å². The summed E-state index contributed by atoms with van der Waals surface area (Å²) in [5.74, 6) is 1.57. The summed E-state index contributed by atoms with van der Waals surface area (Å²) in [5.41, 5.74) is 1.00. The lowest BCUT2D eigenvalue weighted by molar-refractivity contribution is -0.129. The third-order valence-corrected chi connectivity index (χ3v) is 4.30. The second-order valence-electron chi connectivity index (χ2n) is 4.93. The van der Waals surface area contributed by atoms with E-state index in [2.05, 4.69) is 6.92 Å². The predicted octanol–water partition coefficient (Wildman–Crippen LogP) is 3.46. The van der Waals surface area contributed by atoms with Gasteiger partial charge in [0.25, 0.3) is 0 Å². The number of carbonyl (C=O) groups excluding carboxylic acids is 1. The number of nitrogens with zero attached hydrogens (tertiary/aromatic N) is 1. The summed E-state index contributed by atoms with van der Waals surface area (Å²) in [6, 6.07) is 6.83. The molecule has 0 radical (unpaired) electrons. The van der Waals surface area contributed by atoms with Crippen LogP contribution in [0.5, 0.6) is 0 Å². The smallest absolute Gasteiger partial charge is 0.233 e. The topological polar surface area (TPSA) is 20.3 Å². The van der Waals surface area contributed by atoms with Gasteiger partial charge in [0.2, 0.25) is 5.91 Å². The molecule has 1 aliphatic carbocycles. The molecule has 0 aromatic heterocycles. The normalized spacial score (nSPS) is 14.4. The van der Waals surface area contributed by atoms with E-state index in [1.807, 2.05) is 4.90 Å². The molecule has 0 bridgehead atoms. The van der Waals surface area contributed by atoms with Gasteiger partial charge in [0.1, 0.15) is 5.82 Å². The largest absolute Gasteiger partial charge is 0.335 e. The van der Waals surface area contributed by atoms with Gasteiger partial charge in [0, 0.05) is 12.6 Å². The Morgan fingerprint density at radius 1 is 1.37 bits per heavy atom. The maximum absolute atomic E-state index is 12.9. The lowest BCUT2D eigenvalue weighted by Crippen LogP contribution is -2.34. The van der Waals surface area contributed by atoms with Crippen molar-refractivity contribution >= 4 is 17.7 Å². The van der Waals surface area contributed by atoms with Crippen molar-refractivity contribution in [3.05, 3.63) is 35.6 Å². The highest BCUT2D eigenvalue weighted by atomic mass is 32.2. The first-order valence-electron chi connectivity index (χ1n) is 6.82. The van der Waals surface area contributed by atoms with Crippen LogP contribution in [-0.4, -0.2) is 28.4 Å². The van der Waals surface area contributed by atoms with Gasteiger partial charge < -0.3 is 4.90 Å². The van der Waals surface area contributed by atoms with E-state index >= 15 is 0 Å². The fourth-order valence-corrected chi connectivity index (χ4v) is 2.75. The molecular formula is C15H20FNOS. The minimum atomic E-state index is -0.230. The molecule has 1 saturated carbocycles. The average molecular weight is 281 g/mol. The maximum atomic E-state index is 12.9. The van der Waals surface area contributed by atoms with Crippen LogP contribution in [0, 0.1) is 5.82 Å². The quantitative estimate of drug-likeness (QED) is 0.713. The van der Waals surface area contributed by atoms with Crippen molar-refractivity contribution in [2.45, 2.75) is 38.8 Å². The van der Waals surface area contributed by atoms with E-state index in [0.29, 0.717) is 18.3 Å². The van der Waals surface area contributed by atoms with Crippen LogP contribution in [-0.2, 0) is 11.3 Å². The Bertz CT molecular complexity index is 417. The summed E-state index contributed by atoms with van der Waals surface area (Å²) in [7, 11) is 0. The van der Waals surface area contributed by atoms with Crippen LogP contribution in [0.4, 0.5) is 4.39 Å². The first-order valence-corrected chi connectivity index (χ1v) is 7.98. The summed E-state index contributed by atoms with van der Waals surface area (Å²) in [4.78, 5) is 14.2. The van der Waals surface area contributed by atoms with Gasteiger partial charge in [-0.1, -0.05) is 19.1 Å². The number of hydrogen-bond donors (Lipinski definition) is 0. The van der Waals surface area contributed by atoms with E-state index in [-0.39, 0.29) is 11.7 Å². The lowest BCUT2D eigenvalue weighted by atomic mass is 10.2. The van der Waals surface area contributed by atoms with E-state index in [9.17, 15) is 9.18 Å². The van der Waals surface area contributed by atoms with Gasteiger partial charge in [0.05, 0.1) is 5.75 Å². The molecule has 104 valence electrons. The molecule has 4 heteroatoms. The van der Waals surface area contributed by atoms with E-state index in [1.54, 1.807) is 23.9 Å². The fourth-order valence-electron chi connectivity index (χ4n) is 1.98. The van der Waals surface area contributed by atoms with Crippen LogP contribution in [0.1, 0.15) is 31.7 Å². The van der Waals surface area contributed by atoms with Crippen molar-refractivity contribution in [3.8, 4) is 0 Å². The molecule has 2 nitrogen and oxygen atoms in total. The molecule has 1 fully saturated rings. The highest BCUT2D eigenvalue weighted by Gasteiger charge is 2.32. The number of amides is 1. The molecule has 0 atom stereocenters. The molecule has 0 spiro atoms. The maximum Gasteiger partial charge on any atom is 0.233 e. The van der Waals surface area contributed by atoms with Gasteiger partial charge in [0.15, 0.2) is 0 Å². The summed E-state index contributed by atoms with van der Waals surface area (Å²) in [6.07, 6.45) is 3.30. The number of thioether (sulfide) groups is 1. The Balaban J connectivity index is 1.92. The van der Waals surface area contributed by atoms with Crippen molar-refractivity contribution in [1.82, 2.24) is 4.90 Å². The zero-order valence-electron chi connectivity index (χ0n) is 11.3. The van der Waals surface area contributed by atoms with Crippen LogP contribution >= 0.6 is 11.8 Å². The SMILES string of the molecule is CCCSCC(=O)N(Cc1ccc(F)cc1)C1CC1. The Labute approximate surface area is 118 Å². The molecule has 1 aromatic carbocycles. The summed E-state index contributed by atoms with van der Waals surface area (Å²) in [6.45, 7) is 2.73. The third-order valence-electron chi connectivity index (χ3n) is 3.15. The van der Waals surface area contributed by atoms with Gasteiger partial charge in [-0.25, -0.2) is 4.39 Å². The van der Waals surface area contributed by atoms with Gasteiger partial charge in [-0.2, -0.15) is 11.8 Å². The Morgan fingerprint density at radius 2 is 2.05 bits per heavy atom. The van der Waals surface area contributed by atoms with E-state index in [1.165, 1.54) is 12.1 Å². The highest BCUT2D eigenvalue weighted by molar-refractivity contribution is 7.99. The summed E-state index contributed by atoms with van der Waals surface area (Å²) >= 11 is 1.70. The van der Waals surface area contributed by atoms with Crippen molar-refractivity contribution in [3.63, 3.8) is 0 Å². The standard InChI is InChI=1S/C15H20FNOS/c1-2-9-19-11-15(18)17(14-7-8-14)10-12-3-5-13(16)6-4-12/h3-6,14H,2,7-11H2,1H3. The number of halogens is 1. The van der Waals surface area contributed by atoms with Gasteiger partial charge in [-0.05, 0) is 42.7 Å². The minimum Gasteiger partial charge on any atom is -0.335 e. The molecule has 0 unspecified atom stereocenters. The lowest BCUT2D eigenvalue weighted by Gasteiger charge is -2.22. The van der Waals surface area contributed by atoms with Crippen molar-refractivity contribution < 1.29 is 9.18 Å². The van der Waals surface area contributed by atoms with Crippen LogP contribution in [0.25, 0.3) is 0 Å². The molecule has 0 saturated heterocycles.